The Labute approximate surface area is 160 Å². The number of carbonyl (C=O) groups excluding carboxylic acids is 2. The van der Waals surface area contributed by atoms with Crippen molar-refractivity contribution in [1.29, 1.82) is 0 Å². The normalized spacial score (nSPS) is 10.9. The van der Waals surface area contributed by atoms with Gasteiger partial charge >= 0.3 is 5.97 Å². The molecule has 0 fully saturated rings. The summed E-state index contributed by atoms with van der Waals surface area (Å²) in [5.74, 6) is -1.35. The number of anilines is 1. The van der Waals surface area contributed by atoms with Crippen LogP contribution >= 0.6 is 0 Å². The molecule has 28 heavy (non-hydrogen) atoms. The molecule has 1 amide bonds. The topological polar surface area (TPSA) is 88.8 Å². The minimum absolute atomic E-state index is 0.0138. The zero-order chi connectivity index (χ0) is 19.7. The number of furan rings is 1. The van der Waals surface area contributed by atoms with Gasteiger partial charge in [-0.3, -0.25) is 4.79 Å². The lowest BCUT2D eigenvalue weighted by molar-refractivity contribution is -0.115. The number of esters is 1. The molecule has 3 aromatic carbocycles. The van der Waals surface area contributed by atoms with Gasteiger partial charge in [0, 0.05) is 10.9 Å². The number of phenols is 1. The number of hydrogen-bond donors (Lipinski definition) is 2. The highest BCUT2D eigenvalue weighted by Gasteiger charge is 2.18. The van der Waals surface area contributed by atoms with Gasteiger partial charge in [0.25, 0.3) is 0 Å². The Kier molecular flexibility index (Phi) is 4.45. The molecule has 6 nitrogen and oxygen atoms in total. The molecule has 0 bridgehead atoms. The molecule has 0 spiro atoms. The first-order chi connectivity index (χ1) is 13.6. The standard InChI is InChI=1S/C22H17NO5/c1-27-22(26)16-7-4-8-17(21(16)25)23-19(24)11-14-12-28-18-10-9-13-5-2-3-6-15(13)20(14)18/h2-10,12,25H,11H2,1H3,(H,23,24). The second-order valence-electron chi connectivity index (χ2n) is 6.34. The van der Waals surface area contributed by atoms with Gasteiger partial charge in [0.05, 0.1) is 25.5 Å². The van der Waals surface area contributed by atoms with Crippen molar-refractivity contribution in [2.45, 2.75) is 6.42 Å². The second-order valence-corrected chi connectivity index (χ2v) is 6.34. The Balaban J connectivity index is 1.63. The van der Waals surface area contributed by atoms with Crippen molar-refractivity contribution < 1.29 is 23.8 Å². The van der Waals surface area contributed by atoms with Gasteiger partial charge in [-0.05, 0) is 29.0 Å². The molecule has 0 saturated heterocycles. The Morgan fingerprint density at radius 2 is 1.89 bits per heavy atom. The average Bonchev–Trinajstić information content (AvgIpc) is 3.12. The summed E-state index contributed by atoms with van der Waals surface area (Å²) < 4.78 is 10.2. The summed E-state index contributed by atoms with van der Waals surface area (Å²) >= 11 is 0. The van der Waals surface area contributed by atoms with E-state index in [1.807, 2.05) is 36.4 Å². The van der Waals surface area contributed by atoms with Crippen LogP contribution in [0.25, 0.3) is 21.7 Å². The average molecular weight is 375 g/mol. The Bertz CT molecular complexity index is 1210. The lowest BCUT2D eigenvalue weighted by Crippen LogP contribution is -2.15. The van der Waals surface area contributed by atoms with Gasteiger partial charge in [-0.25, -0.2) is 4.79 Å². The molecular weight excluding hydrogens is 358 g/mol. The summed E-state index contributed by atoms with van der Waals surface area (Å²) in [6.07, 6.45) is 1.63. The van der Waals surface area contributed by atoms with E-state index in [2.05, 4.69) is 10.1 Å². The van der Waals surface area contributed by atoms with E-state index in [4.69, 9.17) is 4.42 Å². The highest BCUT2D eigenvalue weighted by molar-refractivity contribution is 6.09. The molecule has 4 aromatic rings. The summed E-state index contributed by atoms with van der Waals surface area (Å²) in [7, 11) is 1.22. The number of phenolic OH excluding ortho intramolecular Hbond substituents is 1. The zero-order valence-electron chi connectivity index (χ0n) is 15.1. The van der Waals surface area contributed by atoms with Crippen molar-refractivity contribution in [3.8, 4) is 5.75 Å². The molecule has 2 N–H and O–H groups in total. The van der Waals surface area contributed by atoms with E-state index < -0.39 is 5.97 Å². The number of carbonyl (C=O) groups is 2. The van der Waals surface area contributed by atoms with Gasteiger partial charge in [-0.15, -0.1) is 0 Å². The van der Waals surface area contributed by atoms with Crippen LogP contribution in [0.2, 0.25) is 0 Å². The van der Waals surface area contributed by atoms with Gasteiger partial charge in [0.15, 0.2) is 5.75 Å². The van der Waals surface area contributed by atoms with E-state index in [0.717, 1.165) is 21.7 Å². The molecule has 6 heteroatoms. The molecule has 0 unspecified atom stereocenters. The summed E-state index contributed by atoms with van der Waals surface area (Å²) in [5.41, 5.74) is 1.58. The number of methoxy groups -OCH3 is 1. The number of amides is 1. The Morgan fingerprint density at radius 1 is 1.07 bits per heavy atom. The Hall–Kier alpha value is -3.80. The van der Waals surface area contributed by atoms with Crippen LogP contribution < -0.4 is 5.32 Å². The third kappa shape index (κ3) is 3.05. The molecule has 0 aliphatic carbocycles. The largest absolute Gasteiger partial charge is 0.505 e. The fourth-order valence-corrected chi connectivity index (χ4v) is 3.29. The number of hydrogen-bond acceptors (Lipinski definition) is 5. The van der Waals surface area contributed by atoms with Gasteiger partial charge in [-0.2, -0.15) is 0 Å². The highest BCUT2D eigenvalue weighted by Crippen LogP contribution is 2.31. The van der Waals surface area contributed by atoms with Crippen molar-refractivity contribution in [1.82, 2.24) is 0 Å². The van der Waals surface area contributed by atoms with Crippen molar-refractivity contribution in [3.63, 3.8) is 0 Å². The molecular formula is C22H17NO5. The molecule has 0 atom stereocenters. The van der Waals surface area contributed by atoms with Gasteiger partial charge < -0.3 is 19.6 Å². The van der Waals surface area contributed by atoms with E-state index in [-0.39, 0.29) is 29.3 Å². The van der Waals surface area contributed by atoms with Crippen LogP contribution in [0.1, 0.15) is 15.9 Å². The number of fused-ring (bicyclic) bond motifs is 3. The molecule has 1 heterocycles. The van der Waals surface area contributed by atoms with Crippen molar-refractivity contribution in [2.24, 2.45) is 0 Å². The lowest BCUT2D eigenvalue weighted by Gasteiger charge is -2.10. The smallest absolute Gasteiger partial charge is 0.341 e. The minimum atomic E-state index is -0.680. The third-order valence-corrected chi connectivity index (χ3v) is 4.61. The van der Waals surface area contributed by atoms with Crippen LogP contribution in [0.3, 0.4) is 0 Å². The van der Waals surface area contributed by atoms with Crippen LogP contribution in [-0.2, 0) is 16.0 Å². The third-order valence-electron chi connectivity index (χ3n) is 4.61. The van der Waals surface area contributed by atoms with E-state index in [9.17, 15) is 14.7 Å². The molecule has 4 rings (SSSR count). The zero-order valence-corrected chi connectivity index (χ0v) is 15.1. The van der Waals surface area contributed by atoms with Crippen molar-refractivity contribution >= 4 is 39.3 Å². The van der Waals surface area contributed by atoms with Crippen LogP contribution in [0.15, 0.2) is 65.3 Å². The number of aromatic hydroxyl groups is 1. The number of benzene rings is 3. The molecule has 0 saturated carbocycles. The highest BCUT2D eigenvalue weighted by atomic mass is 16.5. The number of ether oxygens (including phenoxy) is 1. The van der Waals surface area contributed by atoms with Crippen LogP contribution in [0.4, 0.5) is 5.69 Å². The SMILES string of the molecule is COC(=O)c1cccc(NC(=O)Cc2coc3ccc4ccccc4c23)c1O. The van der Waals surface area contributed by atoms with E-state index >= 15 is 0 Å². The molecule has 140 valence electrons. The Morgan fingerprint density at radius 3 is 2.71 bits per heavy atom. The first-order valence-corrected chi connectivity index (χ1v) is 8.66. The number of nitrogens with one attached hydrogen (secondary N) is 1. The molecule has 1 aromatic heterocycles. The quantitative estimate of drug-likeness (QED) is 0.411. The van der Waals surface area contributed by atoms with Crippen molar-refractivity contribution in [3.05, 3.63) is 72.0 Å². The number of rotatable bonds is 4. The fraction of sp³-hybridized carbons (Fsp3) is 0.0909. The van der Waals surface area contributed by atoms with E-state index in [1.54, 1.807) is 12.3 Å². The predicted octanol–water partition coefficient (Wildman–Crippen LogP) is 4.26. The number of para-hydroxylation sites is 1. The summed E-state index contributed by atoms with van der Waals surface area (Å²) in [4.78, 5) is 24.3. The molecule has 0 aliphatic heterocycles. The first-order valence-electron chi connectivity index (χ1n) is 8.66. The van der Waals surface area contributed by atoms with E-state index in [0.29, 0.717) is 5.58 Å². The molecule has 0 aliphatic rings. The van der Waals surface area contributed by atoms with Gasteiger partial charge in [0.2, 0.25) is 5.91 Å². The van der Waals surface area contributed by atoms with Crippen LogP contribution in [-0.4, -0.2) is 24.1 Å². The van der Waals surface area contributed by atoms with Crippen LogP contribution in [0, 0.1) is 0 Å². The van der Waals surface area contributed by atoms with Crippen molar-refractivity contribution in [2.75, 3.05) is 12.4 Å². The maximum Gasteiger partial charge on any atom is 0.341 e. The van der Waals surface area contributed by atoms with E-state index in [1.165, 1.54) is 19.2 Å². The summed E-state index contributed by atoms with van der Waals surface area (Å²) in [6.45, 7) is 0. The maximum absolute atomic E-state index is 12.6. The van der Waals surface area contributed by atoms with Gasteiger partial charge in [0.1, 0.15) is 11.1 Å². The summed E-state index contributed by atoms with van der Waals surface area (Å²) in [5, 5.41) is 15.8. The maximum atomic E-state index is 12.6. The van der Waals surface area contributed by atoms with Crippen LogP contribution in [0.5, 0.6) is 5.75 Å². The second kappa shape index (κ2) is 7.08. The predicted molar refractivity (Wildman–Crippen MR) is 106 cm³/mol. The molecule has 0 radical (unpaired) electrons. The lowest BCUT2D eigenvalue weighted by atomic mass is 10.0. The monoisotopic (exact) mass is 375 g/mol. The van der Waals surface area contributed by atoms with Gasteiger partial charge in [-0.1, -0.05) is 36.4 Å². The minimum Gasteiger partial charge on any atom is -0.505 e. The first kappa shape index (κ1) is 17.6. The summed E-state index contributed by atoms with van der Waals surface area (Å²) in [6, 6.07) is 16.2. The fourth-order valence-electron chi connectivity index (χ4n) is 3.29.